The first-order valence-corrected chi connectivity index (χ1v) is 6.38. The van der Waals surface area contributed by atoms with Crippen molar-refractivity contribution in [3.63, 3.8) is 0 Å². The number of hydrogen-bond acceptors (Lipinski definition) is 2. The van der Waals surface area contributed by atoms with Crippen LogP contribution >= 0.6 is 11.3 Å². The second-order valence-electron chi connectivity index (χ2n) is 4.20. The molecule has 0 saturated heterocycles. The molecule has 0 bridgehead atoms. The summed E-state index contributed by atoms with van der Waals surface area (Å²) in [6, 6.07) is 12.1. The van der Waals surface area contributed by atoms with Crippen molar-refractivity contribution in [2.75, 3.05) is 0 Å². The smallest absolute Gasteiger partial charge is 0.113 e. The van der Waals surface area contributed by atoms with Gasteiger partial charge in [0.05, 0.1) is 0 Å². The Balaban J connectivity index is 2.40. The average Bonchev–Trinajstić information content (AvgIpc) is 2.81. The zero-order valence-corrected chi connectivity index (χ0v) is 10.4. The lowest BCUT2D eigenvalue weighted by Gasteiger charge is -2.16. The van der Waals surface area contributed by atoms with E-state index < -0.39 is 6.10 Å². The summed E-state index contributed by atoms with van der Waals surface area (Å²) in [6.45, 7) is 4.31. The Bertz CT molecular complexity index is 446. The van der Waals surface area contributed by atoms with Crippen LogP contribution in [0.25, 0.3) is 0 Å². The van der Waals surface area contributed by atoms with Gasteiger partial charge in [-0.3, -0.25) is 0 Å². The van der Waals surface area contributed by atoms with E-state index in [2.05, 4.69) is 19.9 Å². The highest BCUT2D eigenvalue weighted by Crippen LogP contribution is 2.31. The SMILES string of the molecule is CC(C)c1ccccc1[C@H](O)c1cccs1. The van der Waals surface area contributed by atoms with Crippen molar-refractivity contribution in [3.8, 4) is 0 Å². The first-order valence-electron chi connectivity index (χ1n) is 5.50. The number of benzene rings is 1. The first-order chi connectivity index (χ1) is 7.70. The van der Waals surface area contributed by atoms with Gasteiger partial charge in [0.15, 0.2) is 0 Å². The molecule has 0 fully saturated rings. The van der Waals surface area contributed by atoms with Crippen molar-refractivity contribution in [3.05, 3.63) is 57.8 Å². The molecule has 2 aromatic rings. The van der Waals surface area contributed by atoms with Gasteiger partial charge in [-0.1, -0.05) is 44.2 Å². The second kappa shape index (κ2) is 4.81. The van der Waals surface area contributed by atoms with Gasteiger partial charge in [0.1, 0.15) is 6.10 Å². The van der Waals surface area contributed by atoms with Gasteiger partial charge in [0, 0.05) is 4.88 Å². The zero-order valence-electron chi connectivity index (χ0n) is 9.55. The molecule has 0 aliphatic heterocycles. The standard InChI is InChI=1S/C14H16OS/c1-10(2)11-6-3-4-7-12(11)14(15)13-8-5-9-16-13/h3-10,14-15H,1-2H3/t14-/m0/s1. The van der Waals surface area contributed by atoms with Gasteiger partial charge in [-0.25, -0.2) is 0 Å². The lowest BCUT2D eigenvalue weighted by Crippen LogP contribution is -2.03. The van der Waals surface area contributed by atoms with Crippen molar-refractivity contribution in [1.29, 1.82) is 0 Å². The van der Waals surface area contributed by atoms with Gasteiger partial charge in [-0.05, 0) is 28.5 Å². The second-order valence-corrected chi connectivity index (χ2v) is 5.18. The highest BCUT2D eigenvalue weighted by Gasteiger charge is 2.16. The lowest BCUT2D eigenvalue weighted by atomic mass is 9.93. The monoisotopic (exact) mass is 232 g/mol. The largest absolute Gasteiger partial charge is 0.383 e. The third-order valence-electron chi connectivity index (χ3n) is 2.73. The minimum absolute atomic E-state index is 0.436. The Hall–Kier alpha value is -1.12. The Morgan fingerprint density at radius 1 is 1.00 bits per heavy atom. The van der Waals surface area contributed by atoms with Crippen LogP contribution in [0.3, 0.4) is 0 Å². The summed E-state index contributed by atoms with van der Waals surface area (Å²) < 4.78 is 0. The Labute approximate surface area is 100 Å². The molecule has 84 valence electrons. The Morgan fingerprint density at radius 3 is 2.25 bits per heavy atom. The lowest BCUT2D eigenvalue weighted by molar-refractivity contribution is 0.222. The van der Waals surface area contributed by atoms with Crippen LogP contribution in [0.15, 0.2) is 41.8 Å². The van der Waals surface area contributed by atoms with E-state index in [4.69, 9.17) is 0 Å². The predicted octanol–water partition coefficient (Wildman–Crippen LogP) is 3.95. The molecule has 0 aliphatic rings. The van der Waals surface area contributed by atoms with Crippen LogP contribution in [0.5, 0.6) is 0 Å². The van der Waals surface area contributed by atoms with Gasteiger partial charge in [-0.2, -0.15) is 0 Å². The predicted molar refractivity (Wildman–Crippen MR) is 68.9 cm³/mol. The molecule has 1 nitrogen and oxygen atoms in total. The van der Waals surface area contributed by atoms with E-state index in [0.717, 1.165) is 10.4 Å². The van der Waals surface area contributed by atoms with Crippen molar-refractivity contribution in [1.82, 2.24) is 0 Å². The fraction of sp³-hybridized carbons (Fsp3) is 0.286. The number of thiophene rings is 1. The van der Waals surface area contributed by atoms with Crippen LogP contribution in [0, 0.1) is 0 Å². The molecular formula is C14H16OS. The van der Waals surface area contributed by atoms with E-state index in [0.29, 0.717) is 5.92 Å². The number of aliphatic hydroxyl groups is 1. The van der Waals surface area contributed by atoms with Gasteiger partial charge in [0.2, 0.25) is 0 Å². The third-order valence-corrected chi connectivity index (χ3v) is 3.65. The molecule has 16 heavy (non-hydrogen) atoms. The third kappa shape index (κ3) is 2.18. The first kappa shape index (κ1) is 11.4. The van der Waals surface area contributed by atoms with Crippen molar-refractivity contribution >= 4 is 11.3 Å². The maximum atomic E-state index is 10.3. The summed E-state index contributed by atoms with van der Waals surface area (Å²) in [4.78, 5) is 1.01. The van der Waals surface area contributed by atoms with E-state index >= 15 is 0 Å². The fourth-order valence-electron chi connectivity index (χ4n) is 1.89. The molecule has 0 amide bonds. The molecule has 0 radical (unpaired) electrons. The summed E-state index contributed by atoms with van der Waals surface area (Å²) in [5.74, 6) is 0.436. The number of aliphatic hydroxyl groups excluding tert-OH is 1. The maximum absolute atomic E-state index is 10.3. The van der Waals surface area contributed by atoms with Crippen LogP contribution in [0.1, 0.15) is 41.9 Å². The molecule has 1 aromatic carbocycles. The Kier molecular flexibility index (Phi) is 3.42. The van der Waals surface area contributed by atoms with Crippen LogP contribution < -0.4 is 0 Å². The van der Waals surface area contributed by atoms with Gasteiger partial charge in [-0.15, -0.1) is 11.3 Å². The quantitative estimate of drug-likeness (QED) is 0.849. The van der Waals surface area contributed by atoms with E-state index in [1.807, 2.05) is 35.7 Å². The fourth-order valence-corrected chi connectivity index (χ4v) is 2.61. The molecule has 2 rings (SSSR count). The van der Waals surface area contributed by atoms with Crippen molar-refractivity contribution in [2.24, 2.45) is 0 Å². The highest BCUT2D eigenvalue weighted by atomic mass is 32.1. The summed E-state index contributed by atoms with van der Waals surface area (Å²) >= 11 is 1.60. The van der Waals surface area contributed by atoms with Crippen molar-refractivity contribution < 1.29 is 5.11 Å². The molecule has 0 saturated carbocycles. The normalized spacial score (nSPS) is 13.0. The van der Waals surface area contributed by atoms with Crippen LogP contribution in [0.2, 0.25) is 0 Å². The summed E-state index contributed by atoms with van der Waals surface area (Å²) in [5.41, 5.74) is 2.25. The zero-order chi connectivity index (χ0) is 11.5. The molecule has 1 aromatic heterocycles. The van der Waals surface area contributed by atoms with E-state index in [-0.39, 0.29) is 0 Å². The van der Waals surface area contributed by atoms with Gasteiger partial charge < -0.3 is 5.11 Å². The summed E-state index contributed by atoms with van der Waals surface area (Å²) in [5, 5.41) is 12.3. The number of hydrogen-bond donors (Lipinski definition) is 1. The molecule has 1 heterocycles. The Morgan fingerprint density at radius 2 is 1.69 bits per heavy atom. The number of rotatable bonds is 3. The minimum atomic E-state index is -0.487. The molecular weight excluding hydrogens is 216 g/mol. The van der Waals surface area contributed by atoms with Gasteiger partial charge >= 0.3 is 0 Å². The molecule has 2 heteroatoms. The van der Waals surface area contributed by atoms with Gasteiger partial charge in [0.25, 0.3) is 0 Å². The molecule has 0 unspecified atom stereocenters. The highest BCUT2D eigenvalue weighted by molar-refractivity contribution is 7.10. The minimum Gasteiger partial charge on any atom is -0.383 e. The topological polar surface area (TPSA) is 20.2 Å². The van der Waals surface area contributed by atoms with Crippen molar-refractivity contribution in [2.45, 2.75) is 25.9 Å². The summed E-state index contributed by atoms with van der Waals surface area (Å²) in [7, 11) is 0. The van der Waals surface area contributed by atoms with E-state index in [9.17, 15) is 5.11 Å². The van der Waals surface area contributed by atoms with Crippen LogP contribution in [0.4, 0.5) is 0 Å². The van der Waals surface area contributed by atoms with E-state index in [1.54, 1.807) is 11.3 Å². The molecule has 1 atom stereocenters. The molecule has 0 aliphatic carbocycles. The van der Waals surface area contributed by atoms with E-state index in [1.165, 1.54) is 5.56 Å². The van der Waals surface area contributed by atoms with Crippen LogP contribution in [-0.4, -0.2) is 5.11 Å². The maximum Gasteiger partial charge on any atom is 0.113 e. The molecule has 1 N–H and O–H groups in total. The molecule has 0 spiro atoms. The van der Waals surface area contributed by atoms with Crippen LogP contribution in [-0.2, 0) is 0 Å². The summed E-state index contributed by atoms with van der Waals surface area (Å²) in [6.07, 6.45) is -0.487. The average molecular weight is 232 g/mol.